The summed E-state index contributed by atoms with van der Waals surface area (Å²) >= 11 is 1.14. The smallest absolute Gasteiger partial charge is 0.240 e. The van der Waals surface area contributed by atoms with Crippen LogP contribution in [0, 0.1) is 0 Å². The van der Waals surface area contributed by atoms with Crippen LogP contribution in [0.3, 0.4) is 0 Å². The van der Waals surface area contributed by atoms with Crippen LogP contribution in [0.4, 0.5) is 0 Å². The first-order valence-corrected chi connectivity index (χ1v) is 8.97. The summed E-state index contributed by atoms with van der Waals surface area (Å²) in [6, 6.07) is 17.9. The van der Waals surface area contributed by atoms with Crippen molar-refractivity contribution in [3.8, 4) is 22.3 Å². The summed E-state index contributed by atoms with van der Waals surface area (Å²) in [6.45, 7) is 0. The fourth-order valence-corrected chi connectivity index (χ4v) is 4.15. The maximum atomic E-state index is 12.0. The van der Waals surface area contributed by atoms with Crippen molar-refractivity contribution in [1.29, 1.82) is 0 Å². The van der Waals surface area contributed by atoms with Crippen LogP contribution in [0.15, 0.2) is 84.7 Å². The minimum atomic E-state index is -0.534. The van der Waals surface area contributed by atoms with E-state index in [1.54, 1.807) is 48.5 Å². The molecule has 0 aromatic heterocycles. The molecule has 0 amide bonds. The summed E-state index contributed by atoms with van der Waals surface area (Å²) in [5.41, 5.74) is 0.521. The molecule has 0 fully saturated rings. The SMILES string of the molecule is O=c1c(CSc2c(-c3ccccc3)c(=O)c2=O)c(-c2ccccc2)c1=O. The summed E-state index contributed by atoms with van der Waals surface area (Å²) in [6.07, 6.45) is 0. The monoisotopic (exact) mass is 360 g/mol. The van der Waals surface area contributed by atoms with Gasteiger partial charge in [0.25, 0.3) is 0 Å². The average Bonchev–Trinajstić information content (AvgIpc) is 2.70. The van der Waals surface area contributed by atoms with Crippen molar-refractivity contribution in [3.63, 3.8) is 0 Å². The van der Waals surface area contributed by atoms with Crippen LogP contribution in [0.2, 0.25) is 0 Å². The zero-order chi connectivity index (χ0) is 18.3. The molecule has 26 heavy (non-hydrogen) atoms. The van der Waals surface area contributed by atoms with Crippen molar-refractivity contribution in [2.45, 2.75) is 10.6 Å². The van der Waals surface area contributed by atoms with E-state index in [1.165, 1.54) is 0 Å². The maximum Gasteiger partial charge on any atom is 0.240 e. The second-order valence-electron chi connectivity index (χ2n) is 5.89. The molecule has 0 N–H and O–H groups in total. The standard InChI is InChI=1S/C21H12O4S/c22-17-14(15(18(17)23)12-7-3-1-4-8-12)11-26-21-16(19(24)20(21)25)13-9-5-2-6-10-13/h1-10H,11H2. The van der Waals surface area contributed by atoms with Gasteiger partial charge >= 0.3 is 0 Å². The van der Waals surface area contributed by atoms with E-state index in [0.717, 1.165) is 11.8 Å². The minimum absolute atomic E-state index is 0.194. The Morgan fingerprint density at radius 2 is 1.08 bits per heavy atom. The van der Waals surface area contributed by atoms with Gasteiger partial charge in [-0.1, -0.05) is 60.7 Å². The summed E-state index contributed by atoms with van der Waals surface area (Å²) in [4.78, 5) is 48.2. The predicted molar refractivity (Wildman–Crippen MR) is 103 cm³/mol. The van der Waals surface area contributed by atoms with Crippen LogP contribution in [0.5, 0.6) is 0 Å². The van der Waals surface area contributed by atoms with Crippen molar-refractivity contribution in [2.75, 3.05) is 0 Å². The molecule has 0 saturated carbocycles. The van der Waals surface area contributed by atoms with Crippen molar-refractivity contribution < 1.29 is 0 Å². The first-order chi connectivity index (χ1) is 12.6. The second-order valence-corrected chi connectivity index (χ2v) is 6.88. The van der Waals surface area contributed by atoms with Gasteiger partial charge in [0.15, 0.2) is 0 Å². The van der Waals surface area contributed by atoms with Crippen LogP contribution in [0.25, 0.3) is 22.3 Å². The van der Waals surface area contributed by atoms with Gasteiger partial charge in [-0.3, -0.25) is 19.2 Å². The van der Waals surface area contributed by atoms with Crippen LogP contribution >= 0.6 is 11.8 Å². The number of thioether (sulfide) groups is 1. The van der Waals surface area contributed by atoms with Gasteiger partial charge in [-0.2, -0.15) is 0 Å². The maximum absolute atomic E-state index is 12.0. The Bertz CT molecular complexity index is 1140. The Morgan fingerprint density at radius 3 is 1.65 bits per heavy atom. The fraction of sp³-hybridized carbons (Fsp3) is 0.0476. The van der Waals surface area contributed by atoms with E-state index in [4.69, 9.17) is 0 Å². The molecule has 0 saturated heterocycles. The topological polar surface area (TPSA) is 68.3 Å². The lowest BCUT2D eigenvalue weighted by Crippen LogP contribution is -2.38. The molecule has 5 heteroatoms. The summed E-state index contributed by atoms with van der Waals surface area (Å²) in [5, 5.41) is 0. The van der Waals surface area contributed by atoms with E-state index in [0.29, 0.717) is 32.7 Å². The zero-order valence-electron chi connectivity index (χ0n) is 13.5. The lowest BCUT2D eigenvalue weighted by atomic mass is 9.95. The first kappa shape index (κ1) is 16.4. The van der Waals surface area contributed by atoms with Crippen LogP contribution in [-0.4, -0.2) is 0 Å². The average molecular weight is 360 g/mol. The highest BCUT2D eigenvalue weighted by Gasteiger charge is 2.26. The van der Waals surface area contributed by atoms with Gasteiger partial charge in [-0.25, -0.2) is 0 Å². The Kier molecular flexibility index (Phi) is 4.01. The minimum Gasteiger partial charge on any atom is -0.285 e. The highest BCUT2D eigenvalue weighted by atomic mass is 32.2. The third-order valence-electron chi connectivity index (χ3n) is 4.36. The Hall–Kier alpha value is -3.05. The molecule has 0 spiro atoms. The van der Waals surface area contributed by atoms with Crippen molar-refractivity contribution in [2.24, 2.45) is 0 Å². The van der Waals surface area contributed by atoms with Gasteiger partial charge in [-0.05, 0) is 11.1 Å². The van der Waals surface area contributed by atoms with Crippen LogP contribution < -0.4 is 21.7 Å². The number of hydrogen-bond acceptors (Lipinski definition) is 5. The van der Waals surface area contributed by atoms with E-state index in [1.807, 2.05) is 12.1 Å². The van der Waals surface area contributed by atoms with Crippen molar-refractivity contribution in [3.05, 3.63) is 107 Å². The third-order valence-corrected chi connectivity index (χ3v) is 5.47. The predicted octanol–water partition coefficient (Wildman–Crippen LogP) is 2.50. The number of hydrogen-bond donors (Lipinski definition) is 0. The highest BCUT2D eigenvalue weighted by Crippen LogP contribution is 2.31. The van der Waals surface area contributed by atoms with E-state index in [-0.39, 0.29) is 5.75 Å². The number of benzene rings is 2. The van der Waals surface area contributed by atoms with Gasteiger partial charge in [0.1, 0.15) is 0 Å². The van der Waals surface area contributed by atoms with Crippen molar-refractivity contribution in [1.82, 2.24) is 0 Å². The van der Waals surface area contributed by atoms with Crippen LogP contribution in [-0.2, 0) is 5.75 Å². The molecule has 4 nitrogen and oxygen atoms in total. The Labute approximate surface area is 152 Å². The fourth-order valence-electron chi connectivity index (χ4n) is 3.01. The molecular weight excluding hydrogens is 348 g/mol. The van der Waals surface area contributed by atoms with Gasteiger partial charge in [0, 0.05) is 16.9 Å². The first-order valence-electron chi connectivity index (χ1n) is 7.98. The third kappa shape index (κ3) is 2.48. The van der Waals surface area contributed by atoms with Gasteiger partial charge in [0.05, 0.1) is 10.5 Å². The van der Waals surface area contributed by atoms with Gasteiger partial charge in [0.2, 0.25) is 21.7 Å². The molecule has 0 heterocycles. The molecule has 4 rings (SSSR count). The zero-order valence-corrected chi connectivity index (χ0v) is 14.3. The summed E-state index contributed by atoms with van der Waals surface area (Å²) < 4.78 is 0. The Balaban J connectivity index is 1.65. The molecule has 126 valence electrons. The molecular formula is C21H12O4S. The lowest BCUT2D eigenvalue weighted by Gasteiger charge is -2.13. The molecule has 0 aliphatic carbocycles. The molecule has 0 bridgehead atoms. The van der Waals surface area contributed by atoms with E-state index in [2.05, 4.69) is 0 Å². The van der Waals surface area contributed by atoms with Gasteiger partial charge < -0.3 is 0 Å². The molecule has 4 aromatic carbocycles. The molecule has 0 aliphatic rings. The molecule has 0 radical (unpaired) electrons. The van der Waals surface area contributed by atoms with E-state index < -0.39 is 21.7 Å². The van der Waals surface area contributed by atoms with Crippen LogP contribution in [0.1, 0.15) is 5.56 Å². The highest BCUT2D eigenvalue weighted by molar-refractivity contribution is 7.98. The molecule has 0 unspecified atom stereocenters. The number of rotatable bonds is 5. The summed E-state index contributed by atoms with van der Waals surface area (Å²) in [7, 11) is 0. The van der Waals surface area contributed by atoms with Gasteiger partial charge in [-0.15, -0.1) is 11.8 Å². The normalized spacial score (nSPS) is 11.2. The molecule has 0 atom stereocenters. The lowest BCUT2D eigenvalue weighted by molar-refractivity contribution is 1.20. The Morgan fingerprint density at radius 1 is 0.577 bits per heavy atom. The summed E-state index contributed by atoms with van der Waals surface area (Å²) in [5.74, 6) is 0.194. The second kappa shape index (κ2) is 6.35. The molecule has 4 aromatic rings. The van der Waals surface area contributed by atoms with Crippen molar-refractivity contribution >= 4 is 11.8 Å². The van der Waals surface area contributed by atoms with E-state index in [9.17, 15) is 19.2 Å². The molecule has 0 aliphatic heterocycles. The quantitative estimate of drug-likeness (QED) is 0.404. The van der Waals surface area contributed by atoms with E-state index >= 15 is 0 Å². The largest absolute Gasteiger partial charge is 0.285 e.